The largest absolute Gasteiger partial charge is 0.319 e. The number of carbonyl (C=O) groups is 1. The summed E-state index contributed by atoms with van der Waals surface area (Å²) in [5, 5.41) is 17.0. The lowest BCUT2D eigenvalue weighted by Gasteiger charge is -2.04. The predicted octanol–water partition coefficient (Wildman–Crippen LogP) is 2.89. The maximum Gasteiger partial charge on any atom is 0.290 e. The van der Waals surface area contributed by atoms with Crippen molar-refractivity contribution in [1.82, 2.24) is 9.78 Å². The molecule has 20 heavy (non-hydrogen) atoms. The van der Waals surface area contributed by atoms with Crippen molar-refractivity contribution >= 4 is 40.5 Å². The highest BCUT2D eigenvalue weighted by Crippen LogP contribution is 2.33. The first-order valence-corrected chi connectivity index (χ1v) is 6.07. The molecule has 9 heteroatoms. The number of anilines is 1. The van der Waals surface area contributed by atoms with Crippen LogP contribution in [0.5, 0.6) is 0 Å². The van der Waals surface area contributed by atoms with Crippen molar-refractivity contribution < 1.29 is 9.72 Å². The Bertz CT molecular complexity index is 699. The van der Waals surface area contributed by atoms with E-state index in [1.54, 1.807) is 13.2 Å². The lowest BCUT2D eigenvalue weighted by atomic mass is 10.2. The van der Waals surface area contributed by atoms with Gasteiger partial charge in [-0.3, -0.25) is 19.6 Å². The van der Waals surface area contributed by atoms with E-state index in [4.69, 9.17) is 23.2 Å². The molecule has 2 rings (SSSR count). The molecule has 7 nitrogen and oxygen atoms in total. The maximum absolute atomic E-state index is 12.0. The van der Waals surface area contributed by atoms with E-state index in [-0.39, 0.29) is 15.6 Å². The molecule has 2 aromatic rings. The van der Waals surface area contributed by atoms with Gasteiger partial charge in [-0.1, -0.05) is 23.2 Å². The van der Waals surface area contributed by atoms with Gasteiger partial charge in [0.05, 0.1) is 21.8 Å². The third-order valence-electron chi connectivity index (χ3n) is 2.43. The summed E-state index contributed by atoms with van der Waals surface area (Å²) in [6.45, 7) is 0. The van der Waals surface area contributed by atoms with Crippen molar-refractivity contribution in [2.45, 2.75) is 0 Å². The third kappa shape index (κ3) is 2.89. The first kappa shape index (κ1) is 14.3. The number of rotatable bonds is 3. The predicted molar refractivity (Wildman–Crippen MR) is 74.3 cm³/mol. The first-order chi connectivity index (χ1) is 9.38. The molecular formula is C11H8Cl2N4O3. The van der Waals surface area contributed by atoms with Gasteiger partial charge in [-0.2, -0.15) is 5.10 Å². The number of hydrogen-bond donors (Lipinski definition) is 1. The summed E-state index contributed by atoms with van der Waals surface area (Å²) in [6.07, 6.45) is 3.04. The number of nitrogens with zero attached hydrogens (tertiary/aromatic N) is 3. The van der Waals surface area contributed by atoms with E-state index < -0.39 is 16.5 Å². The Hall–Kier alpha value is -2.12. The van der Waals surface area contributed by atoms with E-state index in [0.29, 0.717) is 5.69 Å². The minimum absolute atomic E-state index is 0.0370. The standard InChI is InChI=1S/C11H8Cl2N4O3/c1-16-5-7(4-14-16)15-11(18)6-2-8(12)10(13)9(3-6)17(19)20/h2-5H,1H3,(H,15,18). The Balaban J connectivity index is 2.32. The number of nitrogens with one attached hydrogen (secondary N) is 1. The van der Waals surface area contributed by atoms with Crippen LogP contribution in [0, 0.1) is 10.1 Å². The van der Waals surface area contributed by atoms with Crippen molar-refractivity contribution in [3.05, 3.63) is 50.2 Å². The number of hydrogen-bond acceptors (Lipinski definition) is 4. The zero-order valence-electron chi connectivity index (χ0n) is 10.1. The summed E-state index contributed by atoms with van der Waals surface area (Å²) >= 11 is 11.5. The smallest absolute Gasteiger partial charge is 0.290 e. The first-order valence-electron chi connectivity index (χ1n) is 5.32. The van der Waals surface area contributed by atoms with Crippen LogP contribution in [-0.2, 0) is 7.05 Å². The SMILES string of the molecule is Cn1cc(NC(=O)c2cc(Cl)c(Cl)c([N+](=O)[O-])c2)cn1. The molecule has 0 radical (unpaired) electrons. The lowest BCUT2D eigenvalue weighted by molar-refractivity contribution is -0.384. The third-order valence-corrected chi connectivity index (χ3v) is 3.22. The molecule has 1 heterocycles. The van der Waals surface area contributed by atoms with Gasteiger partial charge in [-0.15, -0.1) is 0 Å². The number of benzene rings is 1. The number of aromatic nitrogens is 2. The monoisotopic (exact) mass is 314 g/mol. The molecule has 0 aliphatic heterocycles. The number of carbonyl (C=O) groups excluding carboxylic acids is 1. The minimum atomic E-state index is -0.699. The van der Waals surface area contributed by atoms with E-state index in [0.717, 1.165) is 6.07 Å². The van der Waals surface area contributed by atoms with Crippen molar-refractivity contribution in [3.8, 4) is 0 Å². The number of nitro groups is 1. The normalized spacial score (nSPS) is 10.3. The Morgan fingerprint density at radius 3 is 2.70 bits per heavy atom. The highest BCUT2D eigenvalue weighted by molar-refractivity contribution is 6.43. The highest BCUT2D eigenvalue weighted by atomic mass is 35.5. The number of nitro benzene ring substituents is 1. The Morgan fingerprint density at radius 1 is 1.45 bits per heavy atom. The van der Waals surface area contributed by atoms with Crippen molar-refractivity contribution in [1.29, 1.82) is 0 Å². The van der Waals surface area contributed by atoms with Crippen LogP contribution < -0.4 is 5.32 Å². The molecule has 0 spiro atoms. The molecule has 0 saturated carbocycles. The van der Waals surface area contributed by atoms with Gasteiger partial charge in [0, 0.05) is 24.9 Å². The van der Waals surface area contributed by atoms with Crippen LogP contribution >= 0.6 is 23.2 Å². The molecule has 1 aromatic heterocycles. The van der Waals surface area contributed by atoms with Gasteiger partial charge in [0.1, 0.15) is 5.02 Å². The van der Waals surface area contributed by atoms with E-state index >= 15 is 0 Å². The van der Waals surface area contributed by atoms with E-state index in [9.17, 15) is 14.9 Å². The van der Waals surface area contributed by atoms with Gasteiger partial charge >= 0.3 is 0 Å². The van der Waals surface area contributed by atoms with Gasteiger partial charge in [0.25, 0.3) is 11.6 Å². The number of halogens is 2. The van der Waals surface area contributed by atoms with Gasteiger partial charge in [-0.25, -0.2) is 0 Å². The summed E-state index contributed by atoms with van der Waals surface area (Å²) < 4.78 is 1.51. The van der Waals surface area contributed by atoms with Crippen LogP contribution in [0.15, 0.2) is 24.5 Å². The van der Waals surface area contributed by atoms with Crippen LogP contribution in [0.4, 0.5) is 11.4 Å². The molecule has 1 amide bonds. The second kappa shape index (κ2) is 5.48. The van der Waals surface area contributed by atoms with E-state index in [1.165, 1.54) is 16.9 Å². The van der Waals surface area contributed by atoms with Gasteiger partial charge in [0.15, 0.2) is 0 Å². The fraction of sp³-hybridized carbons (Fsp3) is 0.0909. The van der Waals surface area contributed by atoms with E-state index in [2.05, 4.69) is 10.4 Å². The van der Waals surface area contributed by atoms with Gasteiger partial charge < -0.3 is 5.32 Å². The van der Waals surface area contributed by atoms with Crippen LogP contribution in [-0.4, -0.2) is 20.6 Å². The summed E-state index contributed by atoms with van der Waals surface area (Å²) in [5.41, 5.74) is 0.0803. The van der Waals surface area contributed by atoms with Gasteiger partial charge in [-0.05, 0) is 6.07 Å². The summed E-state index contributed by atoms with van der Waals surface area (Å²) in [6, 6.07) is 2.34. The quantitative estimate of drug-likeness (QED) is 0.696. The molecule has 0 aliphatic carbocycles. The molecule has 0 unspecified atom stereocenters. The Kier molecular flexibility index (Phi) is 3.91. The molecule has 1 N–H and O–H groups in total. The maximum atomic E-state index is 12.0. The zero-order chi connectivity index (χ0) is 14.9. The molecule has 0 saturated heterocycles. The van der Waals surface area contributed by atoms with Crippen molar-refractivity contribution in [3.63, 3.8) is 0 Å². The average Bonchev–Trinajstić information content (AvgIpc) is 2.77. The fourth-order valence-electron chi connectivity index (χ4n) is 1.53. The fourth-order valence-corrected chi connectivity index (χ4v) is 1.92. The average molecular weight is 315 g/mol. The minimum Gasteiger partial charge on any atom is -0.319 e. The zero-order valence-corrected chi connectivity index (χ0v) is 11.6. The van der Waals surface area contributed by atoms with Crippen molar-refractivity contribution in [2.24, 2.45) is 7.05 Å². The van der Waals surface area contributed by atoms with Crippen LogP contribution in [0.25, 0.3) is 0 Å². The molecule has 0 atom stereocenters. The van der Waals surface area contributed by atoms with Crippen LogP contribution in [0.2, 0.25) is 10.0 Å². The summed E-state index contributed by atoms with van der Waals surface area (Å²) in [4.78, 5) is 22.1. The van der Waals surface area contributed by atoms with Gasteiger partial charge in [0.2, 0.25) is 0 Å². The summed E-state index contributed by atoms with van der Waals surface area (Å²) in [5.74, 6) is -0.542. The van der Waals surface area contributed by atoms with Crippen LogP contribution in [0.3, 0.4) is 0 Å². The number of amides is 1. The molecule has 0 aliphatic rings. The molecule has 1 aromatic carbocycles. The Labute approximate surface area is 123 Å². The van der Waals surface area contributed by atoms with Crippen molar-refractivity contribution in [2.75, 3.05) is 5.32 Å². The van der Waals surface area contributed by atoms with Crippen LogP contribution in [0.1, 0.15) is 10.4 Å². The number of aryl methyl sites for hydroxylation is 1. The summed E-state index contributed by atoms with van der Waals surface area (Å²) in [7, 11) is 1.69. The molecule has 0 bridgehead atoms. The second-order valence-electron chi connectivity index (χ2n) is 3.91. The topological polar surface area (TPSA) is 90.1 Å². The van der Waals surface area contributed by atoms with E-state index in [1.807, 2.05) is 0 Å². The lowest BCUT2D eigenvalue weighted by Crippen LogP contribution is -2.12. The molecule has 0 fully saturated rings. The highest BCUT2D eigenvalue weighted by Gasteiger charge is 2.20. The molecule has 104 valence electrons. The Morgan fingerprint density at radius 2 is 2.15 bits per heavy atom. The second-order valence-corrected chi connectivity index (χ2v) is 4.69. The molecular weight excluding hydrogens is 307 g/mol.